The number of benzene rings is 1. The minimum absolute atomic E-state index is 0.104. The lowest BCUT2D eigenvalue weighted by molar-refractivity contribution is -0.134. The average molecular weight is 482 g/mol. The third-order valence-corrected chi connectivity index (χ3v) is 6.70. The van der Waals surface area contributed by atoms with Crippen LogP contribution in [-0.2, 0) is 22.6 Å². The summed E-state index contributed by atoms with van der Waals surface area (Å²) in [5.41, 5.74) is 2.32. The van der Waals surface area contributed by atoms with E-state index >= 15 is 0 Å². The summed E-state index contributed by atoms with van der Waals surface area (Å²) >= 11 is 1.19. The minimum Gasteiger partial charge on any atom is -0.497 e. The molecule has 0 unspecified atom stereocenters. The van der Waals surface area contributed by atoms with Gasteiger partial charge in [-0.2, -0.15) is 5.10 Å². The van der Waals surface area contributed by atoms with Gasteiger partial charge in [0.25, 0.3) is 0 Å². The zero-order valence-electron chi connectivity index (χ0n) is 19.4. The van der Waals surface area contributed by atoms with Crippen LogP contribution in [0.5, 0.6) is 5.75 Å². The van der Waals surface area contributed by atoms with Gasteiger partial charge in [-0.1, -0.05) is 24.3 Å². The fourth-order valence-electron chi connectivity index (χ4n) is 3.97. The molecule has 0 fully saturated rings. The Kier molecular flexibility index (Phi) is 7.06. The van der Waals surface area contributed by atoms with E-state index in [4.69, 9.17) is 4.74 Å². The molecule has 1 aliphatic rings. The van der Waals surface area contributed by atoms with E-state index in [1.165, 1.54) is 11.3 Å². The lowest BCUT2D eigenvalue weighted by atomic mass is 9.89. The Morgan fingerprint density at radius 3 is 2.91 bits per heavy atom. The lowest BCUT2D eigenvalue weighted by Gasteiger charge is -2.25. The fourth-order valence-corrected chi connectivity index (χ4v) is 4.92. The van der Waals surface area contributed by atoms with Gasteiger partial charge >= 0.3 is 0 Å². The molecule has 1 aromatic carbocycles. The highest BCUT2D eigenvalue weighted by Crippen LogP contribution is 2.33. The molecule has 178 valence electrons. The molecule has 0 spiro atoms. The molecule has 4 rings (SSSR count). The molecular formula is C24H27N5O4S. The molecule has 1 atom stereocenters. The summed E-state index contributed by atoms with van der Waals surface area (Å²) in [6.45, 7) is 2.29. The van der Waals surface area contributed by atoms with Crippen LogP contribution in [0.3, 0.4) is 0 Å². The molecule has 0 saturated heterocycles. The van der Waals surface area contributed by atoms with Gasteiger partial charge in [0.15, 0.2) is 10.9 Å². The number of ether oxygens (including phenoxy) is 1. The van der Waals surface area contributed by atoms with E-state index in [-0.39, 0.29) is 24.0 Å². The summed E-state index contributed by atoms with van der Waals surface area (Å²) < 4.78 is 7.00. The van der Waals surface area contributed by atoms with Gasteiger partial charge in [-0.05, 0) is 18.6 Å². The first-order valence-electron chi connectivity index (χ1n) is 11.1. The quantitative estimate of drug-likeness (QED) is 0.528. The van der Waals surface area contributed by atoms with Gasteiger partial charge in [-0.15, -0.1) is 0 Å². The highest BCUT2D eigenvalue weighted by molar-refractivity contribution is 7.17. The van der Waals surface area contributed by atoms with Crippen LogP contribution in [-0.4, -0.2) is 51.4 Å². The van der Waals surface area contributed by atoms with E-state index < -0.39 is 5.92 Å². The summed E-state index contributed by atoms with van der Waals surface area (Å²) in [6, 6.07) is 7.55. The Labute approximate surface area is 201 Å². The Morgan fingerprint density at radius 1 is 1.32 bits per heavy atom. The number of thiazole rings is 1. The fraction of sp³-hybridized carbons (Fsp3) is 0.375. The molecule has 0 aliphatic heterocycles. The Bertz CT molecular complexity index is 1220. The summed E-state index contributed by atoms with van der Waals surface area (Å²) in [7, 11) is 3.34. The summed E-state index contributed by atoms with van der Waals surface area (Å²) in [6.07, 6.45) is 5.25. The monoisotopic (exact) mass is 481 g/mol. The zero-order valence-corrected chi connectivity index (χ0v) is 20.2. The number of fused-ring (bicyclic) bond motifs is 1. The van der Waals surface area contributed by atoms with Crippen LogP contribution in [0, 0.1) is 5.92 Å². The van der Waals surface area contributed by atoms with E-state index in [9.17, 15) is 14.4 Å². The first kappa shape index (κ1) is 23.6. The number of carbonyl (C=O) groups excluding carboxylic acids is 3. The van der Waals surface area contributed by atoms with E-state index in [2.05, 4.69) is 15.4 Å². The third-order valence-electron chi connectivity index (χ3n) is 5.64. The van der Waals surface area contributed by atoms with Crippen molar-refractivity contribution in [2.45, 2.75) is 39.2 Å². The van der Waals surface area contributed by atoms with Gasteiger partial charge in [0.1, 0.15) is 5.75 Å². The Hall–Kier alpha value is -3.53. The summed E-state index contributed by atoms with van der Waals surface area (Å²) in [4.78, 5) is 44.2. The summed E-state index contributed by atoms with van der Waals surface area (Å²) in [5, 5.41) is 7.56. The van der Waals surface area contributed by atoms with Crippen molar-refractivity contribution in [3.63, 3.8) is 0 Å². The van der Waals surface area contributed by atoms with E-state index in [0.29, 0.717) is 35.1 Å². The van der Waals surface area contributed by atoms with E-state index in [1.54, 1.807) is 29.9 Å². The smallest absolute Gasteiger partial charge is 0.226 e. The number of Topliss-reactive ketones (excluding diaryl/α,β-unsaturated/α-hetero) is 1. The molecule has 2 amide bonds. The number of methoxy groups -OCH3 is 1. The van der Waals surface area contributed by atoms with Crippen LogP contribution in [0.15, 0.2) is 36.7 Å². The largest absolute Gasteiger partial charge is 0.497 e. The lowest BCUT2D eigenvalue weighted by Crippen LogP contribution is -2.36. The highest BCUT2D eigenvalue weighted by atomic mass is 32.1. The Balaban J connectivity index is 1.41. The first-order valence-corrected chi connectivity index (χ1v) is 11.9. The second kappa shape index (κ2) is 10.2. The van der Waals surface area contributed by atoms with Crippen molar-refractivity contribution in [2.24, 2.45) is 5.92 Å². The van der Waals surface area contributed by atoms with Crippen LogP contribution >= 0.6 is 11.3 Å². The topological polar surface area (TPSA) is 106 Å². The number of nitrogens with one attached hydrogen (secondary N) is 1. The van der Waals surface area contributed by atoms with Crippen LogP contribution < -0.4 is 10.1 Å². The average Bonchev–Trinajstić information content (AvgIpc) is 3.45. The second-order valence-corrected chi connectivity index (χ2v) is 9.31. The van der Waals surface area contributed by atoms with Gasteiger partial charge in [0, 0.05) is 50.7 Å². The Morgan fingerprint density at radius 2 is 2.15 bits per heavy atom. The molecule has 1 aliphatic carbocycles. The van der Waals surface area contributed by atoms with Crippen molar-refractivity contribution < 1.29 is 19.1 Å². The normalized spacial score (nSPS) is 15.0. The van der Waals surface area contributed by atoms with Crippen molar-refractivity contribution in [3.05, 3.63) is 52.8 Å². The number of anilines is 1. The maximum absolute atomic E-state index is 13.1. The number of nitrogens with zero attached hydrogens (tertiary/aromatic N) is 4. The van der Waals surface area contributed by atoms with Crippen LogP contribution in [0.1, 0.15) is 47.1 Å². The highest BCUT2D eigenvalue weighted by Gasteiger charge is 2.34. The maximum Gasteiger partial charge on any atom is 0.226 e. The van der Waals surface area contributed by atoms with Crippen molar-refractivity contribution in [1.82, 2.24) is 19.7 Å². The number of aromatic nitrogens is 3. The first-order chi connectivity index (χ1) is 16.4. The molecule has 0 bridgehead atoms. The van der Waals surface area contributed by atoms with Crippen LogP contribution in [0.2, 0.25) is 0 Å². The van der Waals surface area contributed by atoms with Gasteiger partial charge in [0.2, 0.25) is 11.8 Å². The number of hydrogen-bond acceptors (Lipinski definition) is 7. The molecule has 0 saturated carbocycles. The molecule has 10 heteroatoms. The van der Waals surface area contributed by atoms with Crippen molar-refractivity contribution >= 4 is 34.1 Å². The number of hydrogen-bond donors (Lipinski definition) is 1. The zero-order chi connectivity index (χ0) is 24.2. The maximum atomic E-state index is 13.1. The minimum atomic E-state index is -0.472. The number of rotatable bonds is 8. The van der Waals surface area contributed by atoms with Crippen molar-refractivity contribution in [3.8, 4) is 11.4 Å². The molecule has 9 nitrogen and oxygen atoms in total. The number of carbonyl (C=O) groups is 3. The molecule has 0 radical (unpaired) electrons. The standard InChI is InChI=1S/C24H27N5O4S/c1-4-6-21(31)27-24-26-19-9-16(10-20(30)22(19)34-24)23(32)28(2)13-15-12-25-29(14-15)17-7-5-8-18(11-17)33-3/h5,7-8,11-12,14,16H,4,6,9-10,13H2,1-3H3,(H,26,27,31)/t16-/m0/s1. The van der Waals surface area contributed by atoms with Crippen LogP contribution in [0.25, 0.3) is 5.69 Å². The molecule has 3 aromatic rings. The summed E-state index contributed by atoms with van der Waals surface area (Å²) in [5.74, 6) is -0.0778. The van der Waals surface area contributed by atoms with Gasteiger partial charge in [-0.25, -0.2) is 9.67 Å². The SMILES string of the molecule is CCCC(=O)Nc1nc2c(s1)C(=O)C[C@@H](C(=O)N(C)Cc1cnn(-c3cccc(OC)c3)c1)C2. The molecule has 34 heavy (non-hydrogen) atoms. The van der Waals surface area contributed by atoms with Crippen LogP contribution in [0.4, 0.5) is 5.13 Å². The van der Waals surface area contributed by atoms with Gasteiger partial charge in [0.05, 0.1) is 35.5 Å². The predicted octanol–water partition coefficient (Wildman–Crippen LogP) is 3.48. The van der Waals surface area contributed by atoms with E-state index in [1.807, 2.05) is 37.4 Å². The van der Waals surface area contributed by atoms with Crippen molar-refractivity contribution in [2.75, 3.05) is 19.5 Å². The second-order valence-electron chi connectivity index (χ2n) is 8.31. The number of ketones is 1. The van der Waals surface area contributed by atoms with Crippen molar-refractivity contribution in [1.29, 1.82) is 0 Å². The number of amides is 2. The van der Waals surface area contributed by atoms with Gasteiger partial charge < -0.3 is 15.0 Å². The predicted molar refractivity (Wildman–Crippen MR) is 128 cm³/mol. The molecule has 1 N–H and O–H groups in total. The van der Waals surface area contributed by atoms with Gasteiger partial charge in [-0.3, -0.25) is 14.4 Å². The van der Waals surface area contributed by atoms with E-state index in [0.717, 1.165) is 23.4 Å². The third kappa shape index (κ3) is 5.17. The molecule has 2 heterocycles. The molecular weight excluding hydrogens is 454 g/mol. The molecule has 2 aromatic heterocycles.